The summed E-state index contributed by atoms with van der Waals surface area (Å²) in [6.45, 7) is 2.73. The van der Waals surface area contributed by atoms with Crippen LogP contribution < -0.4 is 5.32 Å². The van der Waals surface area contributed by atoms with Crippen molar-refractivity contribution < 1.29 is 9.90 Å². The summed E-state index contributed by atoms with van der Waals surface area (Å²) in [5.74, 6) is 1.16. The zero-order valence-electron chi connectivity index (χ0n) is 12.4. The Morgan fingerprint density at radius 2 is 2.20 bits per heavy atom. The molecule has 0 radical (unpaired) electrons. The number of amides is 1. The molecule has 0 bridgehead atoms. The van der Waals surface area contributed by atoms with E-state index in [4.69, 9.17) is 0 Å². The van der Waals surface area contributed by atoms with Gasteiger partial charge in [0.2, 0.25) is 0 Å². The average molecular weight is 277 g/mol. The Hall–Kier alpha value is -1.62. The molecule has 5 nitrogen and oxygen atoms in total. The zero-order valence-corrected chi connectivity index (χ0v) is 12.4. The standard InChI is InChI=1S/C15H23N3O2/c1-4-12-7-11(8-14(16-2)17-12)15(20)18(3)9-10-5-13(19)6-10/h7-8,10,13,19H,4-6,9H2,1-3H3,(H,16,17). The molecule has 1 amide bonds. The zero-order chi connectivity index (χ0) is 14.7. The van der Waals surface area contributed by atoms with E-state index >= 15 is 0 Å². The summed E-state index contributed by atoms with van der Waals surface area (Å²) in [6, 6.07) is 3.64. The Balaban J connectivity index is 2.07. The van der Waals surface area contributed by atoms with Gasteiger partial charge in [0.15, 0.2) is 0 Å². The molecule has 0 unspecified atom stereocenters. The summed E-state index contributed by atoms with van der Waals surface area (Å²) in [5.41, 5.74) is 1.58. The number of carbonyl (C=O) groups is 1. The summed E-state index contributed by atoms with van der Waals surface area (Å²) >= 11 is 0. The molecule has 0 aromatic carbocycles. The third kappa shape index (κ3) is 3.28. The number of hydrogen-bond donors (Lipinski definition) is 2. The third-order valence-corrected chi connectivity index (χ3v) is 3.83. The second-order valence-electron chi connectivity index (χ2n) is 5.51. The maximum atomic E-state index is 12.4. The second-order valence-corrected chi connectivity index (χ2v) is 5.51. The SMILES string of the molecule is CCc1cc(C(=O)N(C)CC2CC(O)C2)cc(NC)n1. The molecule has 0 saturated heterocycles. The van der Waals surface area contributed by atoms with Crippen molar-refractivity contribution in [3.8, 4) is 0 Å². The molecule has 20 heavy (non-hydrogen) atoms. The molecular formula is C15H23N3O2. The molecule has 1 heterocycles. The van der Waals surface area contributed by atoms with Crippen molar-refractivity contribution in [2.24, 2.45) is 5.92 Å². The molecule has 1 aromatic rings. The lowest BCUT2D eigenvalue weighted by Crippen LogP contribution is -2.39. The van der Waals surface area contributed by atoms with E-state index in [9.17, 15) is 9.90 Å². The van der Waals surface area contributed by atoms with Crippen LogP contribution >= 0.6 is 0 Å². The fraction of sp³-hybridized carbons (Fsp3) is 0.600. The summed E-state index contributed by atoms with van der Waals surface area (Å²) < 4.78 is 0. The Kier molecular flexibility index (Phi) is 4.60. The summed E-state index contributed by atoms with van der Waals surface area (Å²) in [6.07, 6.45) is 2.23. The molecule has 2 N–H and O–H groups in total. The van der Waals surface area contributed by atoms with Gasteiger partial charge in [0.05, 0.1) is 6.10 Å². The van der Waals surface area contributed by atoms with E-state index < -0.39 is 0 Å². The lowest BCUT2D eigenvalue weighted by atomic mass is 9.82. The highest BCUT2D eigenvalue weighted by Crippen LogP contribution is 2.28. The number of aliphatic hydroxyl groups excluding tert-OH is 1. The topological polar surface area (TPSA) is 65.5 Å². The number of aryl methyl sites for hydroxylation is 1. The van der Waals surface area contributed by atoms with Gasteiger partial charge < -0.3 is 15.3 Å². The van der Waals surface area contributed by atoms with Gasteiger partial charge in [-0.25, -0.2) is 4.98 Å². The van der Waals surface area contributed by atoms with Gasteiger partial charge in [-0.3, -0.25) is 4.79 Å². The average Bonchev–Trinajstić information content (AvgIpc) is 2.43. The number of aromatic nitrogens is 1. The van der Waals surface area contributed by atoms with Crippen LogP contribution in [0.25, 0.3) is 0 Å². The number of nitrogens with one attached hydrogen (secondary N) is 1. The Labute approximate surface area is 120 Å². The van der Waals surface area contributed by atoms with Crippen molar-refractivity contribution in [3.05, 3.63) is 23.4 Å². The van der Waals surface area contributed by atoms with Gasteiger partial charge in [-0.1, -0.05) is 6.92 Å². The quantitative estimate of drug-likeness (QED) is 0.856. The van der Waals surface area contributed by atoms with Gasteiger partial charge in [0.25, 0.3) is 5.91 Å². The molecule has 1 fully saturated rings. The van der Waals surface area contributed by atoms with E-state index in [1.54, 1.807) is 18.0 Å². The van der Waals surface area contributed by atoms with Crippen LogP contribution in [0.2, 0.25) is 0 Å². The fourth-order valence-electron chi connectivity index (χ4n) is 2.56. The minimum absolute atomic E-state index is 0.0139. The first-order chi connectivity index (χ1) is 9.53. The van der Waals surface area contributed by atoms with Gasteiger partial charge in [-0.2, -0.15) is 0 Å². The number of hydrogen-bond acceptors (Lipinski definition) is 4. The van der Waals surface area contributed by atoms with Crippen LogP contribution in [-0.4, -0.2) is 47.6 Å². The van der Waals surface area contributed by atoms with Crippen LogP contribution in [0, 0.1) is 5.92 Å². The largest absolute Gasteiger partial charge is 0.393 e. The van der Waals surface area contributed by atoms with Crippen LogP contribution in [0.15, 0.2) is 12.1 Å². The van der Waals surface area contributed by atoms with Crippen LogP contribution in [0.1, 0.15) is 35.8 Å². The highest BCUT2D eigenvalue weighted by Gasteiger charge is 2.29. The first kappa shape index (κ1) is 14.8. The van der Waals surface area contributed by atoms with E-state index in [1.165, 1.54) is 0 Å². The van der Waals surface area contributed by atoms with Crippen molar-refractivity contribution in [3.63, 3.8) is 0 Å². The molecular weight excluding hydrogens is 254 g/mol. The molecule has 1 aromatic heterocycles. The molecule has 110 valence electrons. The normalized spacial score (nSPS) is 21.2. The fourth-order valence-corrected chi connectivity index (χ4v) is 2.56. The molecule has 0 aliphatic heterocycles. The minimum atomic E-state index is -0.174. The summed E-state index contributed by atoms with van der Waals surface area (Å²) in [7, 11) is 3.62. The minimum Gasteiger partial charge on any atom is -0.393 e. The monoisotopic (exact) mass is 277 g/mol. The van der Waals surface area contributed by atoms with E-state index in [1.807, 2.05) is 20.0 Å². The highest BCUT2D eigenvalue weighted by molar-refractivity contribution is 5.94. The van der Waals surface area contributed by atoms with Crippen molar-refractivity contribution >= 4 is 11.7 Å². The second kappa shape index (κ2) is 6.22. The number of nitrogens with zero attached hydrogens (tertiary/aromatic N) is 2. The van der Waals surface area contributed by atoms with Gasteiger partial charge in [0, 0.05) is 31.9 Å². The van der Waals surface area contributed by atoms with Crippen LogP contribution in [0.4, 0.5) is 5.82 Å². The first-order valence-corrected chi connectivity index (χ1v) is 7.15. The lowest BCUT2D eigenvalue weighted by molar-refractivity contribution is 0.0265. The van der Waals surface area contributed by atoms with E-state index in [-0.39, 0.29) is 12.0 Å². The molecule has 1 saturated carbocycles. The van der Waals surface area contributed by atoms with E-state index in [2.05, 4.69) is 10.3 Å². The van der Waals surface area contributed by atoms with Crippen molar-refractivity contribution in [2.45, 2.75) is 32.3 Å². The number of aliphatic hydroxyl groups is 1. The predicted molar refractivity (Wildman–Crippen MR) is 78.9 cm³/mol. The maximum absolute atomic E-state index is 12.4. The first-order valence-electron chi connectivity index (χ1n) is 7.15. The molecule has 0 atom stereocenters. The van der Waals surface area contributed by atoms with Gasteiger partial charge in [0.1, 0.15) is 5.82 Å². The highest BCUT2D eigenvalue weighted by atomic mass is 16.3. The maximum Gasteiger partial charge on any atom is 0.253 e. The van der Waals surface area contributed by atoms with E-state index in [0.717, 1.165) is 30.8 Å². The Morgan fingerprint density at radius 3 is 2.75 bits per heavy atom. The Morgan fingerprint density at radius 1 is 1.50 bits per heavy atom. The van der Waals surface area contributed by atoms with Crippen molar-refractivity contribution in [1.82, 2.24) is 9.88 Å². The molecule has 5 heteroatoms. The van der Waals surface area contributed by atoms with E-state index in [0.29, 0.717) is 18.0 Å². The van der Waals surface area contributed by atoms with Gasteiger partial charge in [-0.15, -0.1) is 0 Å². The van der Waals surface area contributed by atoms with Crippen molar-refractivity contribution in [2.75, 3.05) is 26.0 Å². The summed E-state index contributed by atoms with van der Waals surface area (Å²) in [5, 5.41) is 12.3. The predicted octanol–water partition coefficient (Wildman–Crippen LogP) is 1.53. The van der Waals surface area contributed by atoms with Crippen LogP contribution in [0.5, 0.6) is 0 Å². The number of anilines is 1. The van der Waals surface area contributed by atoms with Crippen LogP contribution in [-0.2, 0) is 6.42 Å². The number of carbonyl (C=O) groups excluding carboxylic acids is 1. The smallest absolute Gasteiger partial charge is 0.253 e. The molecule has 1 aliphatic carbocycles. The molecule has 0 spiro atoms. The molecule has 2 rings (SSSR count). The molecule has 1 aliphatic rings. The van der Waals surface area contributed by atoms with Gasteiger partial charge >= 0.3 is 0 Å². The number of pyridine rings is 1. The van der Waals surface area contributed by atoms with Gasteiger partial charge in [-0.05, 0) is 37.3 Å². The lowest BCUT2D eigenvalue weighted by Gasteiger charge is -2.34. The van der Waals surface area contributed by atoms with Crippen molar-refractivity contribution in [1.29, 1.82) is 0 Å². The number of rotatable bonds is 5. The van der Waals surface area contributed by atoms with Crippen LogP contribution in [0.3, 0.4) is 0 Å². The Bertz CT molecular complexity index is 462. The summed E-state index contributed by atoms with van der Waals surface area (Å²) in [4.78, 5) is 18.6. The third-order valence-electron chi connectivity index (χ3n) is 3.83.